The Kier molecular flexibility index (Phi) is 10.7. The predicted octanol–water partition coefficient (Wildman–Crippen LogP) is 2.83. The van der Waals surface area contributed by atoms with Crippen LogP contribution in [0.15, 0.2) is 48.0 Å². The number of halogens is 1. The van der Waals surface area contributed by atoms with E-state index in [9.17, 15) is 0 Å². The van der Waals surface area contributed by atoms with Crippen LogP contribution in [0.3, 0.4) is 0 Å². The van der Waals surface area contributed by atoms with Crippen LogP contribution in [-0.4, -0.2) is 41.8 Å². The third-order valence-electron chi connectivity index (χ3n) is 3.43. The van der Waals surface area contributed by atoms with Crippen molar-refractivity contribution < 1.29 is 4.74 Å². The maximum atomic E-state index is 5.71. The summed E-state index contributed by atoms with van der Waals surface area (Å²) in [5, 5.41) is 6.54. The lowest BCUT2D eigenvalue weighted by Crippen LogP contribution is -2.39. The molecule has 25 heavy (non-hydrogen) atoms. The van der Waals surface area contributed by atoms with Crippen molar-refractivity contribution in [2.45, 2.75) is 26.8 Å². The number of rotatable bonds is 9. The van der Waals surface area contributed by atoms with Gasteiger partial charge in [0.25, 0.3) is 0 Å². The van der Waals surface area contributed by atoms with Crippen LogP contribution >= 0.6 is 24.0 Å². The quantitative estimate of drug-likeness (QED) is 0.263. The first kappa shape index (κ1) is 21.3. The van der Waals surface area contributed by atoms with Crippen molar-refractivity contribution in [2.24, 2.45) is 4.99 Å². The van der Waals surface area contributed by atoms with Crippen molar-refractivity contribution in [3.63, 3.8) is 0 Å². The molecule has 0 radical (unpaired) electrons. The van der Waals surface area contributed by atoms with E-state index in [0.717, 1.165) is 37.8 Å². The Morgan fingerprint density at radius 1 is 1.24 bits per heavy atom. The van der Waals surface area contributed by atoms with Crippen LogP contribution in [0.5, 0.6) is 5.75 Å². The molecule has 0 aliphatic heterocycles. The summed E-state index contributed by atoms with van der Waals surface area (Å²) in [5.41, 5.74) is 1.23. The van der Waals surface area contributed by atoms with E-state index in [0.29, 0.717) is 13.2 Å². The highest BCUT2D eigenvalue weighted by atomic mass is 127. The number of aromatic nitrogens is 2. The number of guanidine groups is 1. The van der Waals surface area contributed by atoms with Gasteiger partial charge in [0, 0.05) is 32.0 Å². The van der Waals surface area contributed by atoms with Gasteiger partial charge in [-0.25, -0.2) is 4.98 Å². The summed E-state index contributed by atoms with van der Waals surface area (Å²) in [5.74, 6) is 1.72. The molecule has 0 saturated carbocycles. The van der Waals surface area contributed by atoms with E-state index < -0.39 is 0 Å². The smallest absolute Gasteiger partial charge is 0.191 e. The molecule has 1 aromatic carbocycles. The van der Waals surface area contributed by atoms with Crippen LogP contribution < -0.4 is 15.4 Å². The topological polar surface area (TPSA) is 63.5 Å². The zero-order valence-corrected chi connectivity index (χ0v) is 17.3. The number of hydrogen-bond donors (Lipinski definition) is 2. The molecule has 7 heteroatoms. The maximum absolute atomic E-state index is 5.71. The molecular formula is C18H28IN5O. The molecule has 6 nitrogen and oxygen atoms in total. The van der Waals surface area contributed by atoms with Crippen LogP contribution in [0.25, 0.3) is 0 Å². The molecule has 0 atom stereocenters. The van der Waals surface area contributed by atoms with Gasteiger partial charge < -0.3 is 19.9 Å². The maximum Gasteiger partial charge on any atom is 0.191 e. The fourth-order valence-corrected chi connectivity index (χ4v) is 2.18. The van der Waals surface area contributed by atoms with Crippen molar-refractivity contribution in [1.82, 2.24) is 20.2 Å². The summed E-state index contributed by atoms with van der Waals surface area (Å²) in [7, 11) is 0. The average Bonchev–Trinajstić information content (AvgIpc) is 3.10. The summed E-state index contributed by atoms with van der Waals surface area (Å²) >= 11 is 0. The van der Waals surface area contributed by atoms with Crippen molar-refractivity contribution in [3.8, 4) is 5.75 Å². The van der Waals surface area contributed by atoms with Gasteiger partial charge in [0.1, 0.15) is 12.4 Å². The second-order valence-electron chi connectivity index (χ2n) is 5.50. The van der Waals surface area contributed by atoms with Crippen LogP contribution in [0.2, 0.25) is 0 Å². The van der Waals surface area contributed by atoms with Crippen molar-refractivity contribution in [1.29, 1.82) is 0 Å². The molecule has 1 heterocycles. The van der Waals surface area contributed by atoms with Gasteiger partial charge in [-0.2, -0.15) is 0 Å². The Morgan fingerprint density at radius 3 is 2.72 bits per heavy atom. The minimum Gasteiger partial charge on any atom is -0.492 e. The lowest BCUT2D eigenvalue weighted by molar-refractivity contribution is 0.322. The fourth-order valence-electron chi connectivity index (χ4n) is 2.18. The Hall–Kier alpha value is -1.77. The molecule has 0 amide bonds. The first-order valence-corrected chi connectivity index (χ1v) is 8.45. The second-order valence-corrected chi connectivity index (χ2v) is 5.50. The molecule has 0 unspecified atom stereocenters. The summed E-state index contributed by atoms with van der Waals surface area (Å²) in [6.07, 6.45) is 6.57. The van der Waals surface area contributed by atoms with E-state index in [4.69, 9.17) is 4.74 Å². The Balaban J connectivity index is 0.00000312. The molecule has 0 bridgehead atoms. The van der Waals surface area contributed by atoms with Gasteiger partial charge in [-0.15, -0.1) is 24.0 Å². The fraction of sp³-hybridized carbons (Fsp3) is 0.444. The molecule has 0 aliphatic carbocycles. The molecule has 0 aliphatic rings. The number of nitrogens with one attached hydrogen (secondary N) is 2. The molecule has 0 fully saturated rings. The number of nitrogens with zero attached hydrogens (tertiary/aromatic N) is 3. The molecule has 1 aromatic heterocycles. The van der Waals surface area contributed by atoms with E-state index in [1.807, 2.05) is 24.7 Å². The number of aliphatic imine (C=N–C) groups is 1. The van der Waals surface area contributed by atoms with E-state index in [-0.39, 0.29) is 24.0 Å². The average molecular weight is 457 g/mol. The van der Waals surface area contributed by atoms with E-state index >= 15 is 0 Å². The third-order valence-corrected chi connectivity index (χ3v) is 3.43. The minimum atomic E-state index is 0. The second kappa shape index (κ2) is 12.6. The zero-order chi connectivity index (χ0) is 17.0. The summed E-state index contributed by atoms with van der Waals surface area (Å²) in [6, 6.07) is 8.08. The van der Waals surface area contributed by atoms with Gasteiger partial charge in [0.2, 0.25) is 0 Å². The van der Waals surface area contributed by atoms with Crippen LogP contribution in [-0.2, 0) is 6.54 Å². The van der Waals surface area contributed by atoms with Gasteiger partial charge in [-0.3, -0.25) is 4.99 Å². The minimum absolute atomic E-state index is 0. The van der Waals surface area contributed by atoms with Crippen LogP contribution in [0.4, 0.5) is 0 Å². The van der Waals surface area contributed by atoms with Gasteiger partial charge in [0.05, 0.1) is 12.9 Å². The molecular weight excluding hydrogens is 429 g/mol. The highest BCUT2D eigenvalue weighted by molar-refractivity contribution is 14.0. The molecule has 138 valence electrons. The SMILES string of the molecule is CCNC(=NCCCn1ccnc1)NCCOc1ccc(C)cc1.I. The third kappa shape index (κ3) is 8.76. The summed E-state index contributed by atoms with van der Waals surface area (Å²) < 4.78 is 7.77. The standard InChI is InChI=1S/C18H27N5O.HI/c1-3-20-18(21-9-4-12-23-13-10-19-15-23)22-11-14-24-17-7-5-16(2)6-8-17;/h5-8,10,13,15H,3-4,9,11-12,14H2,1-2H3,(H2,20,21,22);1H. The lowest BCUT2D eigenvalue weighted by Gasteiger charge is -2.12. The molecule has 2 N–H and O–H groups in total. The van der Waals surface area contributed by atoms with E-state index in [1.54, 1.807) is 6.20 Å². The molecule has 0 saturated heterocycles. The number of ether oxygens (including phenoxy) is 1. The normalized spacial score (nSPS) is 10.9. The molecule has 2 rings (SSSR count). The number of aryl methyl sites for hydroxylation is 2. The lowest BCUT2D eigenvalue weighted by atomic mass is 10.2. The summed E-state index contributed by atoms with van der Waals surface area (Å²) in [6.45, 7) is 7.98. The highest BCUT2D eigenvalue weighted by Gasteiger charge is 1.98. The predicted molar refractivity (Wildman–Crippen MR) is 113 cm³/mol. The number of benzene rings is 1. The number of hydrogen-bond acceptors (Lipinski definition) is 3. The Morgan fingerprint density at radius 2 is 2.04 bits per heavy atom. The first-order chi connectivity index (χ1) is 11.8. The van der Waals surface area contributed by atoms with Crippen LogP contribution in [0, 0.1) is 6.92 Å². The number of imidazole rings is 1. The van der Waals surface area contributed by atoms with Gasteiger partial charge in [0.15, 0.2) is 5.96 Å². The highest BCUT2D eigenvalue weighted by Crippen LogP contribution is 2.10. The molecule has 0 spiro atoms. The van der Waals surface area contributed by atoms with Crippen LogP contribution in [0.1, 0.15) is 18.9 Å². The largest absolute Gasteiger partial charge is 0.492 e. The monoisotopic (exact) mass is 457 g/mol. The van der Waals surface area contributed by atoms with Crippen molar-refractivity contribution >= 4 is 29.9 Å². The van der Waals surface area contributed by atoms with Crippen molar-refractivity contribution in [2.75, 3.05) is 26.2 Å². The zero-order valence-electron chi connectivity index (χ0n) is 14.9. The van der Waals surface area contributed by atoms with Gasteiger partial charge >= 0.3 is 0 Å². The first-order valence-electron chi connectivity index (χ1n) is 8.45. The van der Waals surface area contributed by atoms with Gasteiger partial charge in [-0.05, 0) is 32.4 Å². The Labute approximate surface area is 167 Å². The Bertz CT molecular complexity index is 598. The summed E-state index contributed by atoms with van der Waals surface area (Å²) in [4.78, 5) is 8.61. The van der Waals surface area contributed by atoms with E-state index in [2.05, 4.69) is 51.2 Å². The van der Waals surface area contributed by atoms with Gasteiger partial charge in [-0.1, -0.05) is 17.7 Å². The van der Waals surface area contributed by atoms with E-state index in [1.165, 1.54) is 5.56 Å². The molecule has 2 aromatic rings. The van der Waals surface area contributed by atoms with Crippen molar-refractivity contribution in [3.05, 3.63) is 48.5 Å².